The lowest BCUT2D eigenvalue weighted by atomic mass is 10.0. The Bertz CT molecular complexity index is 1210. The smallest absolute Gasteiger partial charge is 0.262 e. The Hall–Kier alpha value is -4.13. The van der Waals surface area contributed by atoms with E-state index < -0.39 is 23.1 Å². The first-order valence-electron chi connectivity index (χ1n) is 9.41. The zero-order valence-electron chi connectivity index (χ0n) is 16.5. The number of nitrogens with one attached hydrogen (secondary N) is 1. The SMILES string of the molecule is Cc1ccc(Oc2cccnc2)cc1-c1ccc(NC(=O)c2c(F)cccc2F)nc1. The molecular formula is C24H17F2N3O2. The molecule has 7 heteroatoms. The molecule has 0 atom stereocenters. The molecule has 2 aromatic carbocycles. The number of nitrogens with zero attached hydrogens (tertiary/aromatic N) is 2. The number of anilines is 1. The van der Waals surface area contributed by atoms with Gasteiger partial charge in [0.25, 0.3) is 5.91 Å². The van der Waals surface area contributed by atoms with Crippen LogP contribution in [0.4, 0.5) is 14.6 Å². The number of amides is 1. The minimum atomic E-state index is -0.935. The van der Waals surface area contributed by atoms with Gasteiger partial charge in [-0.2, -0.15) is 0 Å². The van der Waals surface area contributed by atoms with E-state index in [1.54, 1.807) is 36.8 Å². The van der Waals surface area contributed by atoms with Gasteiger partial charge < -0.3 is 10.1 Å². The number of benzene rings is 2. The minimum absolute atomic E-state index is 0.178. The van der Waals surface area contributed by atoms with Crippen molar-refractivity contribution in [1.29, 1.82) is 0 Å². The number of pyridine rings is 2. The summed E-state index contributed by atoms with van der Waals surface area (Å²) in [7, 11) is 0. The van der Waals surface area contributed by atoms with Crippen molar-refractivity contribution in [1.82, 2.24) is 9.97 Å². The normalized spacial score (nSPS) is 10.5. The maximum atomic E-state index is 13.8. The molecule has 0 bridgehead atoms. The van der Waals surface area contributed by atoms with Crippen molar-refractivity contribution in [2.45, 2.75) is 6.92 Å². The van der Waals surface area contributed by atoms with E-state index in [2.05, 4.69) is 15.3 Å². The zero-order chi connectivity index (χ0) is 21.8. The van der Waals surface area contributed by atoms with Crippen molar-refractivity contribution in [3.8, 4) is 22.6 Å². The van der Waals surface area contributed by atoms with Crippen LogP contribution in [0, 0.1) is 18.6 Å². The van der Waals surface area contributed by atoms with Crippen molar-refractivity contribution in [2.24, 2.45) is 0 Å². The summed E-state index contributed by atoms with van der Waals surface area (Å²) in [6.45, 7) is 1.96. The minimum Gasteiger partial charge on any atom is -0.456 e. The highest BCUT2D eigenvalue weighted by molar-refractivity contribution is 6.04. The second-order valence-electron chi connectivity index (χ2n) is 6.75. The van der Waals surface area contributed by atoms with Crippen molar-refractivity contribution >= 4 is 11.7 Å². The van der Waals surface area contributed by atoms with Crippen molar-refractivity contribution in [3.63, 3.8) is 0 Å². The Morgan fingerprint density at radius 2 is 1.74 bits per heavy atom. The van der Waals surface area contributed by atoms with E-state index in [1.165, 1.54) is 6.07 Å². The first-order valence-corrected chi connectivity index (χ1v) is 9.41. The molecular weight excluding hydrogens is 400 g/mol. The summed E-state index contributed by atoms with van der Waals surface area (Å²) < 4.78 is 33.4. The summed E-state index contributed by atoms with van der Waals surface area (Å²) in [5.41, 5.74) is 2.05. The van der Waals surface area contributed by atoms with Crippen LogP contribution >= 0.6 is 0 Å². The van der Waals surface area contributed by atoms with E-state index in [4.69, 9.17) is 4.74 Å². The van der Waals surface area contributed by atoms with Crippen molar-refractivity contribution in [2.75, 3.05) is 5.32 Å². The molecule has 2 heterocycles. The van der Waals surface area contributed by atoms with Crippen LogP contribution in [0.15, 0.2) is 79.3 Å². The van der Waals surface area contributed by atoms with Crippen molar-refractivity contribution < 1.29 is 18.3 Å². The first kappa shape index (κ1) is 20.2. The molecule has 0 saturated carbocycles. The number of hydrogen-bond acceptors (Lipinski definition) is 4. The second kappa shape index (κ2) is 8.71. The lowest BCUT2D eigenvalue weighted by Crippen LogP contribution is -2.16. The van der Waals surface area contributed by atoms with Gasteiger partial charge in [0.1, 0.15) is 34.5 Å². The zero-order valence-corrected chi connectivity index (χ0v) is 16.5. The van der Waals surface area contributed by atoms with Crippen LogP contribution in [0.1, 0.15) is 15.9 Å². The predicted molar refractivity (Wildman–Crippen MR) is 113 cm³/mol. The van der Waals surface area contributed by atoms with Crippen LogP contribution in [0.2, 0.25) is 0 Å². The van der Waals surface area contributed by atoms with Gasteiger partial charge in [0, 0.05) is 18.0 Å². The molecule has 2 aromatic heterocycles. The summed E-state index contributed by atoms with van der Waals surface area (Å²) in [5, 5.41) is 2.42. The standard InChI is InChI=1S/C24H17F2N3O2/c1-15-7-9-17(31-18-4-3-11-27-14-18)12-19(15)16-8-10-22(28-13-16)29-24(30)23-20(25)5-2-6-21(23)26/h2-14H,1H3,(H,28,29,30). The number of ether oxygens (including phenoxy) is 1. The van der Waals surface area contributed by atoms with Gasteiger partial charge in [-0.3, -0.25) is 9.78 Å². The topological polar surface area (TPSA) is 64.1 Å². The molecule has 154 valence electrons. The summed E-state index contributed by atoms with van der Waals surface area (Å²) in [6.07, 6.45) is 4.86. The van der Waals surface area contributed by atoms with Crippen LogP contribution in [0.25, 0.3) is 11.1 Å². The van der Waals surface area contributed by atoms with E-state index in [9.17, 15) is 13.6 Å². The number of carbonyl (C=O) groups excluding carboxylic acids is 1. The predicted octanol–water partition coefficient (Wildman–Crippen LogP) is 5.77. The van der Waals surface area contributed by atoms with Crippen LogP contribution in [-0.4, -0.2) is 15.9 Å². The van der Waals surface area contributed by atoms with Gasteiger partial charge >= 0.3 is 0 Å². The van der Waals surface area contributed by atoms with E-state index >= 15 is 0 Å². The third kappa shape index (κ3) is 4.56. The molecule has 0 unspecified atom stereocenters. The van der Waals surface area contributed by atoms with Crippen LogP contribution in [0.5, 0.6) is 11.5 Å². The lowest BCUT2D eigenvalue weighted by molar-refractivity contribution is 0.101. The van der Waals surface area contributed by atoms with Crippen molar-refractivity contribution in [3.05, 3.63) is 102 Å². The molecule has 0 spiro atoms. The molecule has 0 aliphatic rings. The molecule has 5 nitrogen and oxygen atoms in total. The van der Waals surface area contributed by atoms with E-state index in [-0.39, 0.29) is 5.82 Å². The third-order valence-corrected chi connectivity index (χ3v) is 4.59. The molecule has 31 heavy (non-hydrogen) atoms. The van der Waals surface area contributed by atoms with E-state index in [0.29, 0.717) is 11.5 Å². The Morgan fingerprint density at radius 1 is 0.935 bits per heavy atom. The number of rotatable bonds is 5. The molecule has 0 aliphatic heterocycles. The fourth-order valence-corrected chi connectivity index (χ4v) is 3.04. The lowest BCUT2D eigenvalue weighted by Gasteiger charge is -2.11. The number of halogens is 2. The maximum Gasteiger partial charge on any atom is 0.262 e. The number of aromatic nitrogens is 2. The highest BCUT2D eigenvalue weighted by atomic mass is 19.1. The molecule has 0 saturated heterocycles. The van der Waals surface area contributed by atoms with Crippen LogP contribution in [-0.2, 0) is 0 Å². The highest BCUT2D eigenvalue weighted by Crippen LogP contribution is 2.30. The van der Waals surface area contributed by atoms with E-state index in [1.807, 2.05) is 31.2 Å². The average molecular weight is 417 g/mol. The van der Waals surface area contributed by atoms with Gasteiger partial charge in [0.2, 0.25) is 0 Å². The molecule has 0 fully saturated rings. The van der Waals surface area contributed by atoms with Crippen LogP contribution in [0.3, 0.4) is 0 Å². The summed E-state index contributed by atoms with van der Waals surface area (Å²) in [4.78, 5) is 20.5. The van der Waals surface area contributed by atoms with Gasteiger partial charge in [-0.15, -0.1) is 0 Å². The van der Waals surface area contributed by atoms with Gasteiger partial charge in [0.15, 0.2) is 0 Å². The Labute approximate surface area is 177 Å². The summed E-state index contributed by atoms with van der Waals surface area (Å²) in [6, 6.07) is 15.8. The number of hydrogen-bond donors (Lipinski definition) is 1. The largest absolute Gasteiger partial charge is 0.456 e. The van der Waals surface area contributed by atoms with Gasteiger partial charge in [-0.05, 0) is 66.6 Å². The fraction of sp³-hybridized carbons (Fsp3) is 0.0417. The summed E-state index contributed by atoms with van der Waals surface area (Å²) in [5.74, 6) is -1.34. The van der Waals surface area contributed by atoms with Crippen LogP contribution < -0.4 is 10.1 Å². The Morgan fingerprint density at radius 3 is 2.42 bits per heavy atom. The van der Waals surface area contributed by atoms with Gasteiger partial charge in [-0.25, -0.2) is 13.8 Å². The molecule has 4 rings (SSSR count). The third-order valence-electron chi connectivity index (χ3n) is 4.59. The second-order valence-corrected chi connectivity index (χ2v) is 6.75. The fourth-order valence-electron chi connectivity index (χ4n) is 3.04. The highest BCUT2D eigenvalue weighted by Gasteiger charge is 2.17. The molecule has 0 aliphatic carbocycles. The Kier molecular flexibility index (Phi) is 5.66. The quantitative estimate of drug-likeness (QED) is 0.447. The Balaban J connectivity index is 1.54. The molecule has 0 radical (unpaired) electrons. The summed E-state index contributed by atoms with van der Waals surface area (Å²) >= 11 is 0. The maximum absolute atomic E-state index is 13.8. The average Bonchev–Trinajstić information content (AvgIpc) is 2.76. The van der Waals surface area contributed by atoms with Gasteiger partial charge in [0.05, 0.1) is 6.20 Å². The first-order chi connectivity index (χ1) is 15.0. The molecule has 4 aromatic rings. The number of aryl methyl sites for hydroxylation is 1. The number of carbonyl (C=O) groups is 1. The monoisotopic (exact) mass is 417 g/mol. The molecule has 1 amide bonds. The molecule has 1 N–H and O–H groups in total. The van der Waals surface area contributed by atoms with E-state index in [0.717, 1.165) is 28.8 Å². The van der Waals surface area contributed by atoms with Gasteiger partial charge in [-0.1, -0.05) is 12.1 Å².